The molecule has 2 heterocycles. The number of rotatable bonds is 8. The van der Waals surface area contributed by atoms with Crippen molar-refractivity contribution in [1.82, 2.24) is 20.6 Å². The Labute approximate surface area is 192 Å². The van der Waals surface area contributed by atoms with Crippen molar-refractivity contribution in [3.05, 3.63) is 59.9 Å². The lowest BCUT2D eigenvalue weighted by Gasteiger charge is -2.19. The average Bonchev–Trinajstić information content (AvgIpc) is 3.43. The smallest absolute Gasteiger partial charge is 0.251 e. The Morgan fingerprint density at radius 2 is 1.88 bits per heavy atom. The zero-order chi connectivity index (χ0) is 23.4. The van der Waals surface area contributed by atoms with E-state index in [9.17, 15) is 14.4 Å². The first-order chi connectivity index (χ1) is 15.9. The van der Waals surface area contributed by atoms with Crippen LogP contribution in [-0.2, 0) is 9.59 Å². The van der Waals surface area contributed by atoms with Crippen molar-refractivity contribution >= 4 is 34.4 Å². The van der Waals surface area contributed by atoms with Crippen molar-refractivity contribution < 1.29 is 14.4 Å². The molecule has 0 spiro atoms. The Morgan fingerprint density at radius 1 is 1.12 bits per heavy atom. The van der Waals surface area contributed by atoms with E-state index in [-0.39, 0.29) is 30.3 Å². The summed E-state index contributed by atoms with van der Waals surface area (Å²) in [6.07, 6.45) is 2.13. The molecular formula is C25H29N5O3. The van der Waals surface area contributed by atoms with E-state index in [0.29, 0.717) is 30.3 Å². The number of nitrogens with one attached hydrogen (secondary N) is 3. The van der Waals surface area contributed by atoms with Gasteiger partial charge in [0.15, 0.2) is 0 Å². The Bertz CT molecular complexity index is 1120. The number of imidazole rings is 1. The molecule has 0 aliphatic carbocycles. The molecule has 1 atom stereocenters. The van der Waals surface area contributed by atoms with Gasteiger partial charge in [-0.2, -0.15) is 0 Å². The molecule has 172 valence electrons. The van der Waals surface area contributed by atoms with E-state index in [0.717, 1.165) is 29.6 Å². The normalized spacial score (nSPS) is 14.6. The third-order valence-electron chi connectivity index (χ3n) is 5.70. The van der Waals surface area contributed by atoms with Crippen molar-refractivity contribution in [1.29, 1.82) is 0 Å². The fraction of sp³-hybridized carbons (Fsp3) is 0.360. The zero-order valence-electron chi connectivity index (χ0n) is 18.9. The summed E-state index contributed by atoms with van der Waals surface area (Å²) in [5.74, 6) is 0.530. The van der Waals surface area contributed by atoms with Crippen LogP contribution in [0.5, 0.6) is 0 Å². The van der Waals surface area contributed by atoms with Gasteiger partial charge in [0.2, 0.25) is 11.8 Å². The minimum atomic E-state index is -0.339. The third-order valence-corrected chi connectivity index (χ3v) is 5.70. The number of aromatic nitrogens is 2. The number of H-pyrrole nitrogens is 1. The predicted octanol–water partition coefficient (Wildman–Crippen LogP) is 3.32. The molecule has 0 saturated carbocycles. The van der Waals surface area contributed by atoms with Gasteiger partial charge in [0.25, 0.3) is 5.91 Å². The summed E-state index contributed by atoms with van der Waals surface area (Å²) in [7, 11) is 0. The van der Waals surface area contributed by atoms with Gasteiger partial charge < -0.3 is 20.5 Å². The van der Waals surface area contributed by atoms with Crippen LogP contribution in [0, 0.1) is 5.92 Å². The summed E-state index contributed by atoms with van der Waals surface area (Å²) in [6.45, 7) is 4.74. The highest BCUT2D eigenvalue weighted by molar-refractivity contribution is 5.98. The van der Waals surface area contributed by atoms with Crippen molar-refractivity contribution in [3.8, 4) is 0 Å². The molecule has 3 amide bonds. The van der Waals surface area contributed by atoms with Gasteiger partial charge in [0.05, 0.1) is 23.6 Å². The quantitative estimate of drug-likeness (QED) is 0.492. The summed E-state index contributed by atoms with van der Waals surface area (Å²) in [5.41, 5.74) is 2.99. The monoisotopic (exact) mass is 447 g/mol. The maximum Gasteiger partial charge on any atom is 0.251 e. The highest BCUT2D eigenvalue weighted by Crippen LogP contribution is 2.23. The van der Waals surface area contributed by atoms with E-state index < -0.39 is 0 Å². The number of aromatic amines is 1. The molecule has 1 saturated heterocycles. The molecule has 2 aromatic carbocycles. The largest absolute Gasteiger partial charge is 0.345 e. The fourth-order valence-electron chi connectivity index (χ4n) is 4.07. The van der Waals surface area contributed by atoms with Crippen LogP contribution < -0.4 is 15.5 Å². The maximum atomic E-state index is 12.6. The summed E-state index contributed by atoms with van der Waals surface area (Å²) in [5, 5.41) is 5.66. The van der Waals surface area contributed by atoms with Gasteiger partial charge in [0, 0.05) is 24.2 Å². The molecule has 33 heavy (non-hydrogen) atoms. The second-order valence-electron chi connectivity index (χ2n) is 8.77. The van der Waals surface area contributed by atoms with Gasteiger partial charge in [-0.25, -0.2) is 4.98 Å². The number of nitrogens with zero attached hydrogens (tertiary/aromatic N) is 2. The number of carbonyl (C=O) groups is 3. The van der Waals surface area contributed by atoms with Crippen LogP contribution in [0.1, 0.15) is 55.3 Å². The van der Waals surface area contributed by atoms with E-state index in [4.69, 9.17) is 0 Å². The Balaban J connectivity index is 1.35. The molecule has 3 aromatic rings. The van der Waals surface area contributed by atoms with Gasteiger partial charge in [-0.05, 0) is 55.2 Å². The van der Waals surface area contributed by atoms with E-state index in [2.05, 4.69) is 34.4 Å². The molecule has 1 aromatic heterocycles. The highest BCUT2D eigenvalue weighted by atomic mass is 16.2. The van der Waals surface area contributed by atoms with Crippen LogP contribution in [0.2, 0.25) is 0 Å². The fourth-order valence-corrected chi connectivity index (χ4v) is 4.07. The van der Waals surface area contributed by atoms with E-state index in [1.807, 2.05) is 24.3 Å². The van der Waals surface area contributed by atoms with Gasteiger partial charge in [0.1, 0.15) is 5.82 Å². The van der Waals surface area contributed by atoms with E-state index in [1.165, 1.54) is 0 Å². The van der Waals surface area contributed by atoms with Gasteiger partial charge in [-0.3, -0.25) is 14.4 Å². The molecule has 1 fully saturated rings. The molecule has 8 nitrogen and oxygen atoms in total. The molecule has 0 radical (unpaired) electrons. The molecule has 0 unspecified atom stereocenters. The lowest BCUT2D eigenvalue weighted by molar-refractivity contribution is -0.121. The molecular weight excluding hydrogens is 418 g/mol. The van der Waals surface area contributed by atoms with Crippen molar-refractivity contribution in [2.75, 3.05) is 18.0 Å². The molecule has 1 aliphatic rings. The highest BCUT2D eigenvalue weighted by Gasteiger charge is 2.22. The summed E-state index contributed by atoms with van der Waals surface area (Å²) in [4.78, 5) is 46.6. The van der Waals surface area contributed by atoms with Crippen molar-refractivity contribution in [3.63, 3.8) is 0 Å². The minimum absolute atomic E-state index is 0.101. The second-order valence-corrected chi connectivity index (χ2v) is 8.77. The van der Waals surface area contributed by atoms with Crippen molar-refractivity contribution in [2.45, 2.75) is 39.2 Å². The third kappa shape index (κ3) is 5.39. The standard InChI is InChI=1S/C25H29N5O3/c1-16(2)14-21(24-28-19-6-3-4-7-20(19)29-24)27-22(31)15-26-25(33)17-9-11-18(12-10-17)30-13-5-8-23(30)32/h3-4,6-7,9-12,16,21H,5,8,13-15H2,1-2H3,(H,26,33)(H,27,31)(H,28,29)/t21-/m0/s1. The number of anilines is 1. The second kappa shape index (κ2) is 9.85. The van der Waals surface area contributed by atoms with Crippen LogP contribution >= 0.6 is 0 Å². The topological polar surface area (TPSA) is 107 Å². The van der Waals surface area contributed by atoms with E-state index >= 15 is 0 Å². The number of hydrogen-bond donors (Lipinski definition) is 3. The Morgan fingerprint density at radius 3 is 2.55 bits per heavy atom. The number of carbonyl (C=O) groups excluding carboxylic acids is 3. The van der Waals surface area contributed by atoms with E-state index in [1.54, 1.807) is 29.2 Å². The summed E-state index contributed by atoms with van der Waals surface area (Å²) in [6, 6.07) is 14.3. The zero-order valence-corrected chi connectivity index (χ0v) is 18.9. The lowest BCUT2D eigenvalue weighted by atomic mass is 10.0. The van der Waals surface area contributed by atoms with Crippen LogP contribution in [0.3, 0.4) is 0 Å². The number of hydrogen-bond acceptors (Lipinski definition) is 4. The lowest BCUT2D eigenvalue weighted by Crippen LogP contribution is -2.39. The van der Waals surface area contributed by atoms with Gasteiger partial charge in [-0.1, -0.05) is 26.0 Å². The Kier molecular flexibility index (Phi) is 6.72. The molecule has 0 bridgehead atoms. The minimum Gasteiger partial charge on any atom is -0.345 e. The van der Waals surface area contributed by atoms with Crippen molar-refractivity contribution in [2.24, 2.45) is 5.92 Å². The first-order valence-electron chi connectivity index (χ1n) is 11.3. The number of benzene rings is 2. The molecule has 8 heteroatoms. The Hall–Kier alpha value is -3.68. The molecule has 4 rings (SSSR count). The van der Waals surface area contributed by atoms with Crippen LogP contribution in [0.25, 0.3) is 11.0 Å². The number of para-hydroxylation sites is 2. The number of fused-ring (bicyclic) bond motifs is 1. The summed E-state index contributed by atoms with van der Waals surface area (Å²) >= 11 is 0. The average molecular weight is 448 g/mol. The van der Waals surface area contributed by atoms with Gasteiger partial charge in [-0.15, -0.1) is 0 Å². The van der Waals surface area contributed by atoms with Crippen LogP contribution in [-0.4, -0.2) is 40.8 Å². The van der Waals surface area contributed by atoms with Gasteiger partial charge >= 0.3 is 0 Å². The van der Waals surface area contributed by atoms with Crippen LogP contribution in [0.4, 0.5) is 5.69 Å². The number of amides is 3. The SMILES string of the molecule is CC(C)C[C@H](NC(=O)CNC(=O)c1ccc(N2CCCC2=O)cc1)c1nc2ccccc2[nH]1. The predicted molar refractivity (Wildman–Crippen MR) is 127 cm³/mol. The first kappa shape index (κ1) is 22.5. The molecule has 3 N–H and O–H groups in total. The maximum absolute atomic E-state index is 12.6. The van der Waals surface area contributed by atoms with Crippen LogP contribution in [0.15, 0.2) is 48.5 Å². The first-order valence-corrected chi connectivity index (χ1v) is 11.3. The summed E-state index contributed by atoms with van der Waals surface area (Å²) < 4.78 is 0. The molecule has 1 aliphatic heterocycles.